The van der Waals surface area contributed by atoms with Gasteiger partial charge in [-0.2, -0.15) is 0 Å². The summed E-state index contributed by atoms with van der Waals surface area (Å²) in [6.07, 6.45) is 7.08. The summed E-state index contributed by atoms with van der Waals surface area (Å²) < 4.78 is 6.16. The van der Waals surface area contributed by atoms with Crippen LogP contribution >= 0.6 is 0 Å². The first-order valence-electron chi connectivity index (χ1n) is 13.2. The number of amides is 1. The largest absolute Gasteiger partial charge is 0.491 e. The first kappa shape index (κ1) is 24.6. The Morgan fingerprint density at radius 2 is 1.50 bits per heavy atom. The Balaban J connectivity index is 1.08. The molecule has 5 heteroatoms. The number of carbonyl (C=O) groups is 1. The van der Waals surface area contributed by atoms with Gasteiger partial charge in [0.15, 0.2) is 0 Å². The minimum absolute atomic E-state index is 0.337. The smallest absolute Gasteiger partial charge is 0.222 e. The molecule has 0 aliphatic carbocycles. The first-order valence-corrected chi connectivity index (χ1v) is 13.2. The number of nitrogens with zero attached hydrogens (tertiary/aromatic N) is 3. The Kier molecular flexibility index (Phi) is 9.26. The van der Waals surface area contributed by atoms with Crippen molar-refractivity contribution in [3.8, 4) is 5.75 Å². The molecule has 0 spiro atoms. The first-order chi connectivity index (χ1) is 16.7. The van der Waals surface area contributed by atoms with Gasteiger partial charge in [0.25, 0.3) is 0 Å². The Morgan fingerprint density at radius 1 is 0.824 bits per heavy atom. The van der Waals surface area contributed by atoms with Crippen LogP contribution in [-0.2, 0) is 4.79 Å². The second-order valence-corrected chi connectivity index (χ2v) is 9.84. The van der Waals surface area contributed by atoms with Gasteiger partial charge in [-0.3, -0.25) is 4.79 Å². The van der Waals surface area contributed by atoms with Gasteiger partial charge in [0.05, 0.1) is 12.3 Å². The topological polar surface area (TPSA) is 36.0 Å². The Hall–Kier alpha value is -2.53. The zero-order valence-corrected chi connectivity index (χ0v) is 20.8. The van der Waals surface area contributed by atoms with Crippen molar-refractivity contribution >= 4 is 11.6 Å². The van der Waals surface area contributed by atoms with Crippen LogP contribution in [0.2, 0.25) is 0 Å². The van der Waals surface area contributed by atoms with E-state index in [1.165, 1.54) is 11.3 Å². The second-order valence-electron chi connectivity index (χ2n) is 9.84. The van der Waals surface area contributed by atoms with Crippen molar-refractivity contribution in [1.82, 2.24) is 9.80 Å². The molecule has 2 heterocycles. The molecule has 0 atom stereocenters. The van der Waals surface area contributed by atoms with Crippen LogP contribution in [0.4, 0.5) is 5.69 Å². The molecule has 2 saturated heterocycles. The SMILES string of the molecule is CN1CCN(c2ccccc2OCCCCCCC(=O)N2CCC(c3ccccc3)CC2)CC1. The maximum Gasteiger partial charge on any atom is 0.222 e. The van der Waals surface area contributed by atoms with Crippen LogP contribution in [0.15, 0.2) is 54.6 Å². The van der Waals surface area contributed by atoms with Crippen LogP contribution in [0.5, 0.6) is 5.75 Å². The molecule has 184 valence electrons. The summed E-state index contributed by atoms with van der Waals surface area (Å²) >= 11 is 0. The normalized spacial score (nSPS) is 17.7. The lowest BCUT2D eigenvalue weighted by Crippen LogP contribution is -2.44. The highest BCUT2D eigenvalue weighted by Crippen LogP contribution is 2.29. The number of anilines is 1. The number of hydrogen-bond donors (Lipinski definition) is 0. The van der Waals surface area contributed by atoms with E-state index in [0.717, 1.165) is 90.1 Å². The van der Waals surface area contributed by atoms with Crippen molar-refractivity contribution in [2.45, 2.75) is 50.9 Å². The molecule has 0 radical (unpaired) electrons. The summed E-state index contributed by atoms with van der Waals surface area (Å²) in [6.45, 7) is 6.84. The number of para-hydroxylation sites is 2. The van der Waals surface area contributed by atoms with Gasteiger partial charge in [0.2, 0.25) is 5.91 Å². The van der Waals surface area contributed by atoms with E-state index in [2.05, 4.69) is 76.3 Å². The van der Waals surface area contributed by atoms with Crippen molar-refractivity contribution in [3.63, 3.8) is 0 Å². The van der Waals surface area contributed by atoms with E-state index in [-0.39, 0.29) is 0 Å². The zero-order valence-electron chi connectivity index (χ0n) is 20.8. The third kappa shape index (κ3) is 6.99. The number of hydrogen-bond acceptors (Lipinski definition) is 4. The third-order valence-electron chi connectivity index (χ3n) is 7.37. The number of ether oxygens (including phenoxy) is 1. The van der Waals surface area contributed by atoms with Crippen molar-refractivity contribution in [2.24, 2.45) is 0 Å². The fourth-order valence-electron chi connectivity index (χ4n) is 5.15. The van der Waals surface area contributed by atoms with Crippen LogP contribution in [0.25, 0.3) is 0 Å². The number of piperidine rings is 1. The molecule has 4 rings (SSSR count). The average Bonchev–Trinajstić information content (AvgIpc) is 2.89. The number of rotatable bonds is 10. The molecular weight excluding hydrogens is 422 g/mol. The summed E-state index contributed by atoms with van der Waals surface area (Å²) in [5, 5.41) is 0. The average molecular weight is 464 g/mol. The Labute approximate surface area is 205 Å². The molecule has 0 bridgehead atoms. The number of unbranched alkanes of at least 4 members (excludes halogenated alkanes) is 3. The minimum Gasteiger partial charge on any atom is -0.491 e. The summed E-state index contributed by atoms with van der Waals surface area (Å²) in [4.78, 5) is 19.5. The van der Waals surface area contributed by atoms with Crippen molar-refractivity contribution < 1.29 is 9.53 Å². The summed E-state index contributed by atoms with van der Waals surface area (Å²) in [5.41, 5.74) is 2.64. The third-order valence-corrected chi connectivity index (χ3v) is 7.37. The van der Waals surface area contributed by atoms with E-state index in [0.29, 0.717) is 18.2 Å². The van der Waals surface area contributed by atoms with Crippen molar-refractivity contribution in [1.29, 1.82) is 0 Å². The molecule has 2 fully saturated rings. The van der Waals surface area contributed by atoms with Gasteiger partial charge in [-0.25, -0.2) is 0 Å². The molecule has 2 aromatic carbocycles. The quantitative estimate of drug-likeness (QED) is 0.455. The van der Waals surface area contributed by atoms with Gasteiger partial charge in [0.1, 0.15) is 5.75 Å². The predicted octanol–water partition coefficient (Wildman–Crippen LogP) is 5.17. The van der Waals surface area contributed by atoms with E-state index in [1.807, 2.05) is 0 Å². The lowest BCUT2D eigenvalue weighted by Gasteiger charge is -2.34. The molecule has 0 aromatic heterocycles. The van der Waals surface area contributed by atoms with E-state index in [9.17, 15) is 4.79 Å². The molecule has 2 aliphatic heterocycles. The monoisotopic (exact) mass is 463 g/mol. The van der Waals surface area contributed by atoms with Crippen molar-refractivity contribution in [2.75, 3.05) is 57.8 Å². The van der Waals surface area contributed by atoms with Crippen LogP contribution in [0.1, 0.15) is 56.4 Å². The lowest BCUT2D eigenvalue weighted by molar-refractivity contribution is -0.132. The number of carbonyl (C=O) groups excluding carboxylic acids is 1. The molecule has 0 N–H and O–H groups in total. The fourth-order valence-corrected chi connectivity index (χ4v) is 5.15. The molecule has 0 saturated carbocycles. The highest BCUT2D eigenvalue weighted by atomic mass is 16.5. The summed E-state index contributed by atoms with van der Waals surface area (Å²) in [6, 6.07) is 19.2. The Morgan fingerprint density at radius 3 is 2.26 bits per heavy atom. The van der Waals surface area contributed by atoms with Gasteiger partial charge in [0, 0.05) is 45.7 Å². The predicted molar refractivity (Wildman–Crippen MR) is 140 cm³/mol. The Bertz CT molecular complexity index is 872. The second kappa shape index (κ2) is 12.8. The van der Waals surface area contributed by atoms with Gasteiger partial charge in [-0.05, 0) is 56.3 Å². The molecule has 2 aromatic rings. The van der Waals surface area contributed by atoms with E-state index in [4.69, 9.17) is 4.74 Å². The molecule has 5 nitrogen and oxygen atoms in total. The van der Waals surface area contributed by atoms with Crippen LogP contribution in [0.3, 0.4) is 0 Å². The minimum atomic E-state index is 0.337. The maximum absolute atomic E-state index is 12.6. The maximum atomic E-state index is 12.6. The van der Waals surface area contributed by atoms with E-state index >= 15 is 0 Å². The standard InChI is InChI=1S/C29H41N3O2/c1-30-20-22-31(23-21-30)27-13-8-9-14-28(27)34-24-10-3-2-7-15-29(33)32-18-16-26(17-19-32)25-11-5-4-6-12-25/h4-6,8-9,11-14,26H,2-3,7,10,15-24H2,1H3. The molecule has 2 aliphatic rings. The van der Waals surface area contributed by atoms with Crippen LogP contribution < -0.4 is 9.64 Å². The lowest BCUT2D eigenvalue weighted by atomic mass is 9.89. The van der Waals surface area contributed by atoms with Crippen LogP contribution in [0, 0.1) is 0 Å². The molecule has 0 unspecified atom stereocenters. The number of piperazine rings is 1. The van der Waals surface area contributed by atoms with Gasteiger partial charge < -0.3 is 19.4 Å². The molecule has 34 heavy (non-hydrogen) atoms. The highest BCUT2D eigenvalue weighted by molar-refractivity contribution is 5.76. The highest BCUT2D eigenvalue weighted by Gasteiger charge is 2.23. The molecule has 1 amide bonds. The number of likely N-dealkylation sites (tertiary alicyclic amines) is 1. The number of benzene rings is 2. The van der Waals surface area contributed by atoms with Gasteiger partial charge >= 0.3 is 0 Å². The van der Waals surface area contributed by atoms with E-state index < -0.39 is 0 Å². The summed E-state index contributed by atoms with van der Waals surface area (Å²) in [7, 11) is 2.18. The van der Waals surface area contributed by atoms with Gasteiger partial charge in [-0.15, -0.1) is 0 Å². The number of likely N-dealkylation sites (N-methyl/N-ethyl adjacent to an activating group) is 1. The van der Waals surface area contributed by atoms with E-state index in [1.54, 1.807) is 0 Å². The van der Waals surface area contributed by atoms with Crippen molar-refractivity contribution in [3.05, 3.63) is 60.2 Å². The fraction of sp³-hybridized carbons (Fsp3) is 0.552. The zero-order chi connectivity index (χ0) is 23.6. The van der Waals surface area contributed by atoms with Gasteiger partial charge in [-0.1, -0.05) is 55.3 Å². The van der Waals surface area contributed by atoms with Crippen LogP contribution in [-0.4, -0.2) is 68.6 Å². The summed E-state index contributed by atoms with van der Waals surface area (Å²) in [5.74, 6) is 1.94. The molecular formula is C29H41N3O2.